The summed E-state index contributed by atoms with van der Waals surface area (Å²) in [7, 11) is -3.21. The van der Waals surface area contributed by atoms with E-state index in [-0.39, 0.29) is 37.3 Å². The Bertz CT molecular complexity index is 822. The quantitative estimate of drug-likeness (QED) is 0.317. The average molecular weight is 388 g/mol. The molecule has 0 aromatic carbocycles. The number of nitrogens with zero attached hydrogens (tertiary/aromatic N) is 4. The first-order valence-corrected chi connectivity index (χ1v) is 9.65. The van der Waals surface area contributed by atoms with E-state index in [1.807, 2.05) is 0 Å². The Morgan fingerprint density at radius 2 is 2.00 bits per heavy atom. The summed E-state index contributed by atoms with van der Waals surface area (Å²) in [6.45, 7) is 4.46. The van der Waals surface area contributed by atoms with Gasteiger partial charge in [-0.3, -0.25) is 4.57 Å². The first kappa shape index (κ1) is 19.6. The zero-order valence-corrected chi connectivity index (χ0v) is 15.6. The normalized spacial score (nSPS) is 11.5. The van der Waals surface area contributed by atoms with Crippen LogP contribution in [0.3, 0.4) is 0 Å². The minimum Gasteiger partial charge on any atom is -0.368 e. The fourth-order valence-electron chi connectivity index (χ4n) is 1.95. The lowest BCUT2D eigenvalue weighted by Gasteiger charge is -2.15. The van der Waals surface area contributed by atoms with Crippen molar-refractivity contribution in [2.45, 2.75) is 20.4 Å². The summed E-state index contributed by atoms with van der Waals surface area (Å²) in [5.74, 6) is 5.78. The summed E-state index contributed by atoms with van der Waals surface area (Å²) in [5, 5.41) is 0.195. The standard InChI is InChI=1S/C14H19ClN5O4P/c1-3-23-25(21,24-4-2)10-22-8-6-5-7-20-9-17-11-12(15)18-14(16)19-13(11)20/h9H,3-4,7-8,10H2,1-2H3,(H2,16,18,19). The number of rotatable bonds is 8. The number of hydrogen-bond donors (Lipinski definition) is 1. The minimum absolute atomic E-state index is 0.0677. The molecule has 0 aliphatic carbocycles. The molecule has 9 nitrogen and oxygen atoms in total. The van der Waals surface area contributed by atoms with Crippen molar-refractivity contribution in [2.75, 3.05) is 31.9 Å². The first-order valence-electron chi connectivity index (χ1n) is 7.54. The van der Waals surface area contributed by atoms with Gasteiger partial charge in [-0.2, -0.15) is 9.97 Å². The molecule has 0 atom stereocenters. The fraction of sp³-hybridized carbons (Fsp3) is 0.500. The van der Waals surface area contributed by atoms with E-state index in [4.69, 9.17) is 31.1 Å². The maximum atomic E-state index is 12.2. The molecule has 0 aliphatic heterocycles. The summed E-state index contributed by atoms with van der Waals surface area (Å²) in [6.07, 6.45) is 1.41. The number of imidazole rings is 1. The van der Waals surface area contributed by atoms with E-state index in [2.05, 4.69) is 26.8 Å². The SMILES string of the molecule is CCOP(=O)(COCC#CCn1cnc2c(Cl)nc(N)nc21)OCC. The van der Waals surface area contributed by atoms with E-state index < -0.39 is 7.60 Å². The Morgan fingerprint density at radius 3 is 2.68 bits per heavy atom. The van der Waals surface area contributed by atoms with E-state index in [0.717, 1.165) is 0 Å². The van der Waals surface area contributed by atoms with E-state index in [9.17, 15) is 4.57 Å². The predicted octanol–water partition coefficient (Wildman–Crippen LogP) is 2.31. The van der Waals surface area contributed by atoms with Crippen molar-refractivity contribution in [1.82, 2.24) is 19.5 Å². The Labute approximate surface area is 150 Å². The number of nitrogen functional groups attached to an aromatic ring is 1. The molecule has 2 aromatic heterocycles. The number of fused-ring (bicyclic) bond motifs is 1. The molecule has 25 heavy (non-hydrogen) atoms. The molecule has 2 N–H and O–H groups in total. The van der Waals surface area contributed by atoms with Gasteiger partial charge in [0.15, 0.2) is 10.8 Å². The third kappa shape index (κ3) is 5.39. The van der Waals surface area contributed by atoms with Crippen molar-refractivity contribution in [3.63, 3.8) is 0 Å². The van der Waals surface area contributed by atoms with Gasteiger partial charge in [-0.15, -0.1) is 0 Å². The van der Waals surface area contributed by atoms with E-state index >= 15 is 0 Å². The van der Waals surface area contributed by atoms with Gasteiger partial charge in [-0.05, 0) is 13.8 Å². The Morgan fingerprint density at radius 1 is 1.28 bits per heavy atom. The second-order valence-corrected chi connectivity index (χ2v) is 7.05. The highest BCUT2D eigenvalue weighted by Gasteiger charge is 2.23. The molecule has 0 aliphatic rings. The van der Waals surface area contributed by atoms with Gasteiger partial charge in [0.2, 0.25) is 5.95 Å². The first-order chi connectivity index (χ1) is 12.0. The molecule has 0 amide bonds. The Hall–Kier alpha value is -1.69. The van der Waals surface area contributed by atoms with Gasteiger partial charge in [0.1, 0.15) is 18.5 Å². The highest BCUT2D eigenvalue weighted by atomic mass is 35.5. The number of ether oxygens (including phenoxy) is 1. The van der Waals surface area contributed by atoms with Crippen LogP contribution in [0.25, 0.3) is 11.2 Å². The lowest BCUT2D eigenvalue weighted by Crippen LogP contribution is -2.04. The van der Waals surface area contributed by atoms with Crippen LogP contribution in [-0.2, 0) is 24.9 Å². The summed E-state index contributed by atoms with van der Waals surface area (Å²) in [4.78, 5) is 12.1. The Balaban J connectivity index is 1.90. The molecule has 0 spiro atoms. The molecular weight excluding hydrogens is 369 g/mol. The average Bonchev–Trinajstić information content (AvgIpc) is 2.94. The summed E-state index contributed by atoms with van der Waals surface area (Å²) in [5.41, 5.74) is 6.55. The largest absolute Gasteiger partial charge is 0.368 e. The molecule has 2 heterocycles. The predicted molar refractivity (Wildman–Crippen MR) is 94.2 cm³/mol. The molecule has 2 aromatic rings. The zero-order valence-electron chi connectivity index (χ0n) is 13.9. The van der Waals surface area contributed by atoms with E-state index in [1.165, 1.54) is 0 Å². The molecule has 0 fully saturated rings. The molecule has 11 heteroatoms. The smallest absolute Gasteiger partial charge is 0.356 e. The molecular formula is C14H19ClN5O4P. The molecule has 136 valence electrons. The third-order valence-electron chi connectivity index (χ3n) is 2.89. The molecule has 0 saturated heterocycles. The van der Waals surface area contributed by atoms with Crippen molar-refractivity contribution >= 4 is 36.3 Å². The highest BCUT2D eigenvalue weighted by Crippen LogP contribution is 2.47. The number of halogens is 1. The summed E-state index contributed by atoms with van der Waals surface area (Å²) in [6, 6.07) is 0. The third-order valence-corrected chi connectivity index (χ3v) is 4.95. The van der Waals surface area contributed by atoms with E-state index in [1.54, 1.807) is 24.7 Å². The van der Waals surface area contributed by atoms with Crippen molar-refractivity contribution in [3.8, 4) is 11.8 Å². The lowest BCUT2D eigenvalue weighted by atomic mass is 10.5. The molecule has 0 radical (unpaired) electrons. The minimum atomic E-state index is -3.21. The zero-order chi connectivity index (χ0) is 18.3. The van der Waals surface area contributed by atoms with Gasteiger partial charge in [-0.25, -0.2) is 4.98 Å². The van der Waals surface area contributed by atoms with Crippen LogP contribution in [0.15, 0.2) is 6.33 Å². The maximum Gasteiger partial charge on any atom is 0.356 e. The van der Waals surface area contributed by atoms with Crippen LogP contribution in [0.4, 0.5) is 5.95 Å². The highest BCUT2D eigenvalue weighted by molar-refractivity contribution is 7.53. The van der Waals surface area contributed by atoms with Crippen molar-refractivity contribution in [1.29, 1.82) is 0 Å². The van der Waals surface area contributed by atoms with Crippen molar-refractivity contribution in [2.24, 2.45) is 0 Å². The second kappa shape index (κ2) is 9.13. The van der Waals surface area contributed by atoms with Crippen LogP contribution in [0.1, 0.15) is 13.8 Å². The summed E-state index contributed by atoms with van der Waals surface area (Å²) >= 11 is 5.96. The van der Waals surface area contributed by atoms with Gasteiger partial charge >= 0.3 is 7.60 Å². The molecule has 0 saturated carbocycles. The van der Waals surface area contributed by atoms with Gasteiger partial charge in [0.25, 0.3) is 0 Å². The van der Waals surface area contributed by atoms with E-state index in [0.29, 0.717) is 17.7 Å². The van der Waals surface area contributed by atoms with Gasteiger partial charge in [0.05, 0.1) is 26.1 Å². The molecule has 0 unspecified atom stereocenters. The molecule has 0 bridgehead atoms. The van der Waals surface area contributed by atoms with Crippen molar-refractivity contribution < 1.29 is 18.3 Å². The van der Waals surface area contributed by atoms with Crippen LogP contribution in [0, 0.1) is 11.8 Å². The number of anilines is 1. The topological polar surface area (TPSA) is 114 Å². The number of nitrogens with two attached hydrogens (primary N) is 1. The van der Waals surface area contributed by atoms with Crippen LogP contribution < -0.4 is 5.73 Å². The monoisotopic (exact) mass is 387 g/mol. The second-order valence-electron chi connectivity index (χ2n) is 4.69. The van der Waals surface area contributed by atoms with Gasteiger partial charge in [0, 0.05) is 0 Å². The Kier molecular flexibility index (Phi) is 7.17. The van der Waals surface area contributed by atoms with Gasteiger partial charge in [-0.1, -0.05) is 23.4 Å². The number of aromatic nitrogens is 4. The van der Waals surface area contributed by atoms with Gasteiger partial charge < -0.3 is 24.1 Å². The van der Waals surface area contributed by atoms with Crippen LogP contribution in [0.5, 0.6) is 0 Å². The van der Waals surface area contributed by atoms with Crippen LogP contribution in [-0.4, -0.2) is 45.7 Å². The number of hydrogen-bond acceptors (Lipinski definition) is 8. The fourth-order valence-corrected chi connectivity index (χ4v) is 3.49. The lowest BCUT2D eigenvalue weighted by molar-refractivity contribution is 0.152. The molecule has 2 rings (SSSR count). The van der Waals surface area contributed by atoms with Crippen LogP contribution >= 0.6 is 19.2 Å². The maximum absolute atomic E-state index is 12.2. The van der Waals surface area contributed by atoms with Crippen molar-refractivity contribution in [3.05, 3.63) is 11.5 Å². The summed E-state index contributed by atoms with van der Waals surface area (Å²) < 4.78 is 29.4. The van der Waals surface area contributed by atoms with Crippen LogP contribution in [0.2, 0.25) is 5.15 Å².